The zero-order chi connectivity index (χ0) is 19.6. The van der Waals surface area contributed by atoms with Crippen LogP contribution in [0.1, 0.15) is 31.4 Å². The SMILES string of the molecule is N#[N+]c1ncc(CC(C(=O)[C@@H]2CCC(=O)N2)C(=O)N2CCCC2C(N)=O)[nH]1. The van der Waals surface area contributed by atoms with Crippen molar-refractivity contribution in [2.75, 3.05) is 6.54 Å². The summed E-state index contributed by atoms with van der Waals surface area (Å²) in [6.07, 6.45) is 2.97. The van der Waals surface area contributed by atoms with Crippen molar-refractivity contribution in [3.63, 3.8) is 0 Å². The van der Waals surface area contributed by atoms with Gasteiger partial charge in [0.05, 0.1) is 11.4 Å². The molecular formula is C16H20N7O4+. The van der Waals surface area contributed by atoms with Gasteiger partial charge in [-0.3, -0.25) is 19.2 Å². The Morgan fingerprint density at radius 1 is 1.41 bits per heavy atom. The summed E-state index contributed by atoms with van der Waals surface area (Å²) in [4.78, 5) is 59.9. The third-order valence-corrected chi connectivity index (χ3v) is 4.98. The molecule has 1 aromatic rings. The Morgan fingerprint density at radius 2 is 2.19 bits per heavy atom. The Hall–Kier alpha value is -3.29. The number of rotatable bonds is 6. The fourth-order valence-electron chi connectivity index (χ4n) is 3.63. The highest BCUT2D eigenvalue weighted by Crippen LogP contribution is 2.24. The largest absolute Gasteiger partial charge is 0.525 e. The van der Waals surface area contributed by atoms with Crippen molar-refractivity contribution in [1.82, 2.24) is 20.2 Å². The molecule has 2 unspecified atom stereocenters. The van der Waals surface area contributed by atoms with Crippen LogP contribution in [-0.2, 0) is 25.6 Å². The number of carbonyl (C=O) groups is 4. The molecular weight excluding hydrogens is 354 g/mol. The van der Waals surface area contributed by atoms with Gasteiger partial charge in [-0.2, -0.15) is 0 Å². The second-order valence-corrected chi connectivity index (χ2v) is 6.74. The third-order valence-electron chi connectivity index (χ3n) is 4.98. The molecule has 142 valence electrons. The first-order valence-corrected chi connectivity index (χ1v) is 8.72. The quantitative estimate of drug-likeness (QED) is 0.443. The molecule has 1 aromatic heterocycles. The van der Waals surface area contributed by atoms with Crippen LogP contribution in [0.25, 0.3) is 4.98 Å². The summed E-state index contributed by atoms with van der Waals surface area (Å²) in [5, 5.41) is 11.3. The van der Waals surface area contributed by atoms with Gasteiger partial charge in [0.1, 0.15) is 23.9 Å². The Balaban J connectivity index is 1.85. The van der Waals surface area contributed by atoms with Gasteiger partial charge in [0.2, 0.25) is 17.7 Å². The molecule has 3 amide bonds. The molecule has 0 spiro atoms. The minimum atomic E-state index is -1.11. The smallest absolute Gasteiger partial charge is 0.368 e. The number of aromatic amines is 1. The number of aromatic nitrogens is 2. The van der Waals surface area contributed by atoms with E-state index in [-0.39, 0.29) is 24.7 Å². The van der Waals surface area contributed by atoms with Crippen LogP contribution in [0.4, 0.5) is 5.95 Å². The molecule has 2 aliphatic heterocycles. The number of nitrogens with two attached hydrogens (primary N) is 1. The predicted molar refractivity (Wildman–Crippen MR) is 90.6 cm³/mol. The molecule has 11 nitrogen and oxygen atoms in total. The summed E-state index contributed by atoms with van der Waals surface area (Å²) in [7, 11) is 0. The minimum Gasteiger partial charge on any atom is -0.368 e. The van der Waals surface area contributed by atoms with Gasteiger partial charge in [-0.05, 0) is 24.2 Å². The van der Waals surface area contributed by atoms with Crippen LogP contribution < -0.4 is 11.1 Å². The summed E-state index contributed by atoms with van der Waals surface area (Å²) in [5.74, 6) is -2.92. The fourth-order valence-corrected chi connectivity index (χ4v) is 3.63. The first-order chi connectivity index (χ1) is 12.9. The van der Waals surface area contributed by atoms with Crippen LogP contribution in [0.2, 0.25) is 0 Å². The monoisotopic (exact) mass is 374 g/mol. The molecule has 0 saturated carbocycles. The number of nitrogens with one attached hydrogen (secondary N) is 2. The van der Waals surface area contributed by atoms with E-state index in [4.69, 9.17) is 11.1 Å². The van der Waals surface area contributed by atoms with E-state index in [1.54, 1.807) is 0 Å². The van der Waals surface area contributed by atoms with Crippen molar-refractivity contribution in [3.05, 3.63) is 16.9 Å². The number of hydrogen-bond acceptors (Lipinski definition) is 6. The topological polar surface area (TPSA) is 166 Å². The van der Waals surface area contributed by atoms with Crippen molar-refractivity contribution in [3.8, 4) is 0 Å². The Morgan fingerprint density at radius 3 is 2.78 bits per heavy atom. The maximum absolute atomic E-state index is 13.1. The molecule has 0 radical (unpaired) electrons. The number of amides is 3. The fraction of sp³-hybridized carbons (Fsp3) is 0.562. The third kappa shape index (κ3) is 3.79. The minimum absolute atomic E-state index is 0.0193. The lowest BCUT2D eigenvalue weighted by atomic mass is 9.91. The number of likely N-dealkylation sites (tertiary alicyclic amines) is 1. The average molecular weight is 374 g/mol. The molecule has 2 saturated heterocycles. The number of ketones is 1. The van der Waals surface area contributed by atoms with Crippen LogP contribution in [0.5, 0.6) is 0 Å². The number of imidazole rings is 1. The normalized spacial score (nSPS) is 22.9. The first-order valence-electron chi connectivity index (χ1n) is 8.72. The number of nitrogens with zero attached hydrogens (tertiary/aromatic N) is 4. The van der Waals surface area contributed by atoms with E-state index in [0.29, 0.717) is 31.5 Å². The van der Waals surface area contributed by atoms with E-state index in [2.05, 4.69) is 20.3 Å². The number of H-pyrrole nitrogens is 1. The van der Waals surface area contributed by atoms with Gasteiger partial charge in [-0.25, -0.2) is 4.98 Å². The zero-order valence-electron chi connectivity index (χ0n) is 14.6. The van der Waals surface area contributed by atoms with Gasteiger partial charge in [0, 0.05) is 19.4 Å². The molecule has 3 heterocycles. The highest BCUT2D eigenvalue weighted by molar-refractivity contribution is 6.06. The van der Waals surface area contributed by atoms with Gasteiger partial charge >= 0.3 is 5.95 Å². The molecule has 2 fully saturated rings. The Bertz CT molecular complexity index is 827. The molecule has 3 rings (SSSR count). The predicted octanol–water partition coefficient (Wildman–Crippen LogP) is -0.623. The van der Waals surface area contributed by atoms with E-state index in [0.717, 1.165) is 0 Å². The number of primary amides is 1. The standard InChI is InChI=1S/C16H19N7O4/c17-14(26)11-2-1-5-23(11)15(27)9(6-8-7-19-16(20-8)22-18)13(25)10-3-4-12(24)21-10/h7,9-11H,1-6H2,(H3-,17,19,20,21,24,26)/p+1/t9?,10-,11?/m0/s1. The van der Waals surface area contributed by atoms with Crippen molar-refractivity contribution in [2.24, 2.45) is 11.7 Å². The summed E-state index contributed by atoms with van der Waals surface area (Å²) < 4.78 is 0. The lowest BCUT2D eigenvalue weighted by molar-refractivity contribution is -0.145. The maximum Gasteiger partial charge on any atom is 0.525 e. The van der Waals surface area contributed by atoms with Crippen LogP contribution in [-0.4, -0.2) is 57.0 Å². The second-order valence-electron chi connectivity index (χ2n) is 6.74. The summed E-state index contributed by atoms with van der Waals surface area (Å²) in [6, 6.07) is -1.48. The molecule has 3 atom stereocenters. The number of carbonyl (C=O) groups excluding carboxylic acids is 4. The molecule has 27 heavy (non-hydrogen) atoms. The molecule has 0 aromatic carbocycles. The maximum atomic E-state index is 13.1. The number of diazo groups is 1. The van der Waals surface area contributed by atoms with Crippen molar-refractivity contribution >= 4 is 29.5 Å². The number of Topliss-reactive ketones (excluding diaryl/α,β-unsaturated/α-hetero) is 1. The second kappa shape index (κ2) is 7.53. The summed E-state index contributed by atoms with van der Waals surface area (Å²) in [6.45, 7) is 0.341. The van der Waals surface area contributed by atoms with E-state index in [1.165, 1.54) is 11.1 Å². The van der Waals surface area contributed by atoms with Crippen LogP contribution in [0.3, 0.4) is 0 Å². The van der Waals surface area contributed by atoms with Crippen LogP contribution in [0, 0.1) is 11.3 Å². The molecule has 4 N–H and O–H groups in total. The molecule has 0 bridgehead atoms. The van der Waals surface area contributed by atoms with Crippen molar-refractivity contribution in [1.29, 1.82) is 5.39 Å². The molecule has 0 aliphatic carbocycles. The lowest BCUT2D eigenvalue weighted by Gasteiger charge is -2.27. The Kier molecular flexibility index (Phi) is 5.16. The first kappa shape index (κ1) is 18.5. The van der Waals surface area contributed by atoms with Crippen LogP contribution >= 0.6 is 0 Å². The molecule has 11 heteroatoms. The van der Waals surface area contributed by atoms with Gasteiger partial charge in [0.25, 0.3) is 0 Å². The van der Waals surface area contributed by atoms with E-state index in [9.17, 15) is 19.2 Å². The molecule has 2 aliphatic rings. The lowest BCUT2D eigenvalue weighted by Crippen LogP contribution is -2.50. The van der Waals surface area contributed by atoms with E-state index < -0.39 is 35.6 Å². The van der Waals surface area contributed by atoms with E-state index in [1.807, 2.05) is 0 Å². The van der Waals surface area contributed by atoms with Gasteiger partial charge in [-0.15, -0.1) is 0 Å². The van der Waals surface area contributed by atoms with Gasteiger partial charge in [0.15, 0.2) is 5.78 Å². The van der Waals surface area contributed by atoms with Gasteiger partial charge < -0.3 is 16.0 Å². The number of hydrogen-bond donors (Lipinski definition) is 3. The Labute approximate surface area is 154 Å². The van der Waals surface area contributed by atoms with Gasteiger partial charge in [-0.1, -0.05) is 4.98 Å². The van der Waals surface area contributed by atoms with Crippen molar-refractivity contribution in [2.45, 2.75) is 44.2 Å². The highest BCUT2D eigenvalue weighted by atomic mass is 16.2. The van der Waals surface area contributed by atoms with E-state index >= 15 is 0 Å². The van der Waals surface area contributed by atoms with Crippen LogP contribution in [0.15, 0.2) is 6.20 Å². The highest BCUT2D eigenvalue weighted by Gasteiger charge is 2.42. The summed E-state index contributed by atoms with van der Waals surface area (Å²) >= 11 is 0. The average Bonchev–Trinajstić information content (AvgIpc) is 3.38. The van der Waals surface area contributed by atoms with Crippen molar-refractivity contribution < 1.29 is 19.2 Å². The zero-order valence-corrected chi connectivity index (χ0v) is 14.6. The summed E-state index contributed by atoms with van der Waals surface area (Å²) in [5.41, 5.74) is 5.81.